The number of aliphatic carboxylic acids is 1. The third kappa shape index (κ3) is 5.93. The number of carbonyl (C=O) groups is 1. The van der Waals surface area contributed by atoms with Crippen LogP contribution in [0.5, 0.6) is 0 Å². The van der Waals surface area contributed by atoms with Crippen molar-refractivity contribution in [2.45, 2.75) is 61.5 Å². The Morgan fingerprint density at radius 1 is 0.926 bits per heavy atom. The van der Waals surface area contributed by atoms with Crippen molar-refractivity contribution in [3.8, 4) is 0 Å². The van der Waals surface area contributed by atoms with Gasteiger partial charge >= 0.3 is 5.97 Å². The van der Waals surface area contributed by atoms with Gasteiger partial charge in [-0.05, 0) is 36.5 Å². The quantitative estimate of drug-likeness (QED) is 0.546. The van der Waals surface area contributed by atoms with E-state index in [0.717, 1.165) is 37.7 Å². The van der Waals surface area contributed by atoms with Gasteiger partial charge in [-0.1, -0.05) is 81.1 Å². The summed E-state index contributed by atoms with van der Waals surface area (Å²) in [6.07, 6.45) is 5.16. The average molecular weight is 389 g/mol. The second kappa shape index (κ2) is 10.3. The number of sulfone groups is 1. The van der Waals surface area contributed by atoms with Crippen molar-refractivity contribution in [1.82, 2.24) is 0 Å². The number of unbranched alkanes of at least 4 members (excludes halogenated alkanes) is 3. The lowest BCUT2D eigenvalue weighted by atomic mass is 9.89. The molecule has 5 heteroatoms. The Hall–Kier alpha value is -2.14. The van der Waals surface area contributed by atoms with Crippen LogP contribution in [0.3, 0.4) is 0 Å². The van der Waals surface area contributed by atoms with Gasteiger partial charge < -0.3 is 5.11 Å². The van der Waals surface area contributed by atoms with Gasteiger partial charge in [0, 0.05) is 0 Å². The molecule has 0 saturated carbocycles. The number of hydrogen-bond donors (Lipinski definition) is 1. The Balaban J connectivity index is 2.27. The SMILES string of the molecule is CCCCCCC(CC(C(=O)O)S(=O)(=O)c1ccccc1)c1ccccc1. The lowest BCUT2D eigenvalue weighted by Crippen LogP contribution is -2.32. The fraction of sp³-hybridized carbons (Fsp3) is 0.409. The third-order valence-electron chi connectivity index (χ3n) is 4.90. The molecule has 0 fully saturated rings. The van der Waals surface area contributed by atoms with Gasteiger partial charge in [-0.2, -0.15) is 0 Å². The van der Waals surface area contributed by atoms with E-state index in [1.807, 2.05) is 30.3 Å². The first kappa shape index (κ1) is 21.2. The molecule has 2 rings (SSSR count). The number of carboxylic acid groups (broad SMARTS) is 1. The maximum atomic E-state index is 12.9. The maximum absolute atomic E-state index is 12.9. The van der Waals surface area contributed by atoms with Gasteiger partial charge in [0.25, 0.3) is 0 Å². The summed E-state index contributed by atoms with van der Waals surface area (Å²) in [4.78, 5) is 11.9. The van der Waals surface area contributed by atoms with Crippen LogP contribution in [-0.4, -0.2) is 24.7 Å². The van der Waals surface area contributed by atoms with Gasteiger partial charge in [-0.3, -0.25) is 4.79 Å². The number of rotatable bonds is 11. The molecule has 0 saturated heterocycles. The minimum atomic E-state index is -3.94. The zero-order valence-electron chi connectivity index (χ0n) is 15.8. The van der Waals surface area contributed by atoms with Crippen LogP contribution in [0.25, 0.3) is 0 Å². The van der Waals surface area contributed by atoms with E-state index in [4.69, 9.17) is 0 Å². The maximum Gasteiger partial charge on any atom is 0.322 e. The molecule has 27 heavy (non-hydrogen) atoms. The first-order valence-corrected chi connectivity index (χ1v) is 11.1. The molecule has 4 nitrogen and oxygen atoms in total. The molecule has 2 atom stereocenters. The van der Waals surface area contributed by atoms with Crippen molar-refractivity contribution < 1.29 is 18.3 Å². The first-order chi connectivity index (χ1) is 13.0. The van der Waals surface area contributed by atoms with Gasteiger partial charge in [-0.25, -0.2) is 8.42 Å². The van der Waals surface area contributed by atoms with Crippen LogP contribution < -0.4 is 0 Å². The molecular weight excluding hydrogens is 360 g/mol. The Labute approximate surface area is 162 Å². The fourth-order valence-electron chi connectivity index (χ4n) is 3.36. The van der Waals surface area contributed by atoms with Crippen LogP contribution >= 0.6 is 0 Å². The third-order valence-corrected chi connectivity index (χ3v) is 6.97. The topological polar surface area (TPSA) is 71.4 Å². The first-order valence-electron chi connectivity index (χ1n) is 9.53. The summed E-state index contributed by atoms with van der Waals surface area (Å²) < 4.78 is 25.9. The van der Waals surface area contributed by atoms with Gasteiger partial charge in [0.05, 0.1) is 4.90 Å². The summed E-state index contributed by atoms with van der Waals surface area (Å²) in [5.74, 6) is -1.38. The van der Waals surface area contributed by atoms with Crippen LogP contribution in [-0.2, 0) is 14.6 Å². The van der Waals surface area contributed by atoms with Gasteiger partial charge in [0.15, 0.2) is 15.1 Å². The van der Waals surface area contributed by atoms with Crippen molar-refractivity contribution in [1.29, 1.82) is 0 Å². The van der Waals surface area contributed by atoms with E-state index in [1.165, 1.54) is 12.1 Å². The molecule has 0 spiro atoms. The van der Waals surface area contributed by atoms with Crippen molar-refractivity contribution in [3.05, 3.63) is 66.2 Å². The summed E-state index contributed by atoms with van der Waals surface area (Å²) in [6, 6.07) is 17.5. The molecule has 0 aromatic heterocycles. The number of carboxylic acids is 1. The Kier molecular flexibility index (Phi) is 8.04. The van der Waals surface area contributed by atoms with Gasteiger partial charge in [0.2, 0.25) is 0 Å². The second-order valence-electron chi connectivity index (χ2n) is 6.88. The monoisotopic (exact) mass is 388 g/mol. The number of benzene rings is 2. The molecule has 2 unspecified atom stereocenters. The standard InChI is InChI=1S/C22H28O4S/c1-2-3-4-7-14-19(18-12-8-5-9-13-18)17-21(22(23)24)27(25,26)20-15-10-6-11-16-20/h5-6,8-13,15-16,19,21H,2-4,7,14,17H2,1H3,(H,23,24). The van der Waals surface area contributed by atoms with Crippen molar-refractivity contribution in [3.63, 3.8) is 0 Å². The molecule has 0 bridgehead atoms. The van der Waals surface area contributed by atoms with E-state index in [0.29, 0.717) is 0 Å². The van der Waals surface area contributed by atoms with Crippen LogP contribution in [0.1, 0.15) is 56.9 Å². The predicted octanol–water partition coefficient (Wildman–Crippen LogP) is 5.06. The molecular formula is C22H28O4S. The van der Waals surface area contributed by atoms with E-state index in [2.05, 4.69) is 6.92 Å². The highest BCUT2D eigenvalue weighted by molar-refractivity contribution is 7.92. The fourth-order valence-corrected chi connectivity index (χ4v) is 4.97. The van der Waals surface area contributed by atoms with Crippen molar-refractivity contribution >= 4 is 15.8 Å². The Morgan fingerprint density at radius 3 is 2.07 bits per heavy atom. The Bertz CT molecular complexity index is 801. The summed E-state index contributed by atoms with van der Waals surface area (Å²) in [5.41, 5.74) is 1.00. The summed E-state index contributed by atoms with van der Waals surface area (Å²) in [6.45, 7) is 2.14. The van der Waals surface area contributed by atoms with Gasteiger partial charge in [0.1, 0.15) is 0 Å². The van der Waals surface area contributed by atoms with Crippen molar-refractivity contribution in [2.75, 3.05) is 0 Å². The van der Waals surface area contributed by atoms with E-state index < -0.39 is 21.1 Å². The van der Waals surface area contributed by atoms with Gasteiger partial charge in [-0.15, -0.1) is 0 Å². The molecule has 0 aliphatic heterocycles. The minimum Gasteiger partial charge on any atom is -0.480 e. The smallest absolute Gasteiger partial charge is 0.322 e. The van der Waals surface area contributed by atoms with Crippen LogP contribution in [0, 0.1) is 0 Å². The molecule has 0 aliphatic rings. The largest absolute Gasteiger partial charge is 0.480 e. The lowest BCUT2D eigenvalue weighted by Gasteiger charge is -2.22. The normalized spacial score (nSPS) is 13.8. The highest BCUT2D eigenvalue weighted by Crippen LogP contribution is 2.31. The van der Waals surface area contributed by atoms with Crippen LogP contribution in [0.4, 0.5) is 0 Å². The Morgan fingerprint density at radius 2 is 1.52 bits per heavy atom. The molecule has 2 aromatic rings. The summed E-state index contributed by atoms with van der Waals surface area (Å²) in [5, 5.41) is 8.25. The second-order valence-corrected chi connectivity index (χ2v) is 9.01. The van der Waals surface area contributed by atoms with Crippen LogP contribution in [0.15, 0.2) is 65.6 Å². The molecule has 1 N–H and O–H groups in total. The van der Waals surface area contributed by atoms with E-state index in [-0.39, 0.29) is 17.2 Å². The molecule has 0 aliphatic carbocycles. The van der Waals surface area contributed by atoms with Crippen LogP contribution in [0.2, 0.25) is 0 Å². The summed E-state index contributed by atoms with van der Waals surface area (Å²) >= 11 is 0. The average Bonchev–Trinajstić information content (AvgIpc) is 2.68. The zero-order valence-corrected chi connectivity index (χ0v) is 16.6. The van der Waals surface area contributed by atoms with E-state index in [9.17, 15) is 18.3 Å². The lowest BCUT2D eigenvalue weighted by molar-refractivity contribution is -0.136. The molecule has 0 heterocycles. The molecule has 146 valence electrons. The predicted molar refractivity (Wildman–Crippen MR) is 108 cm³/mol. The highest BCUT2D eigenvalue weighted by Gasteiger charge is 2.36. The number of hydrogen-bond acceptors (Lipinski definition) is 3. The highest BCUT2D eigenvalue weighted by atomic mass is 32.2. The van der Waals surface area contributed by atoms with E-state index in [1.54, 1.807) is 18.2 Å². The van der Waals surface area contributed by atoms with E-state index >= 15 is 0 Å². The van der Waals surface area contributed by atoms with Crippen molar-refractivity contribution in [2.24, 2.45) is 0 Å². The summed E-state index contributed by atoms with van der Waals surface area (Å²) in [7, 11) is -3.94. The molecule has 0 radical (unpaired) electrons. The molecule has 2 aromatic carbocycles. The zero-order chi connectivity index (χ0) is 19.7. The molecule has 0 amide bonds. The minimum absolute atomic E-state index is 0.0650.